The molecule has 9 heteroatoms. The summed E-state index contributed by atoms with van der Waals surface area (Å²) in [7, 11) is 1.91. The van der Waals surface area contributed by atoms with Gasteiger partial charge in [-0.25, -0.2) is 9.67 Å². The van der Waals surface area contributed by atoms with E-state index in [2.05, 4.69) is 25.9 Å². The SMILES string of the molecule is Cn1cnc2cc(NC(=O)Cn3cc(NC(=O)C4CC4)nn3)ccc21. The second kappa shape index (κ2) is 6.00. The second-order valence-electron chi connectivity index (χ2n) is 6.17. The summed E-state index contributed by atoms with van der Waals surface area (Å²) in [5, 5.41) is 13.2. The van der Waals surface area contributed by atoms with Crippen molar-refractivity contribution >= 4 is 34.4 Å². The first-order valence-electron chi connectivity index (χ1n) is 8.00. The highest BCUT2D eigenvalue weighted by molar-refractivity contribution is 5.94. The minimum Gasteiger partial charge on any atom is -0.334 e. The van der Waals surface area contributed by atoms with Gasteiger partial charge in [-0.1, -0.05) is 5.21 Å². The standard InChI is InChI=1S/C16H17N7O2/c1-22-9-17-12-6-11(4-5-13(12)22)18-15(24)8-23-7-14(20-21-23)19-16(25)10-2-3-10/h4-7,9-10H,2-3,8H2,1H3,(H,18,24)(H,19,25). The third-order valence-electron chi connectivity index (χ3n) is 4.05. The van der Waals surface area contributed by atoms with Gasteiger partial charge in [-0.2, -0.15) is 0 Å². The Morgan fingerprint density at radius 2 is 2.12 bits per heavy atom. The molecule has 0 atom stereocenters. The van der Waals surface area contributed by atoms with Crippen LogP contribution in [0.1, 0.15) is 12.8 Å². The van der Waals surface area contributed by atoms with Crippen molar-refractivity contribution in [2.75, 3.05) is 10.6 Å². The molecule has 1 aromatic carbocycles. The number of hydrogen-bond acceptors (Lipinski definition) is 5. The molecule has 2 N–H and O–H groups in total. The third kappa shape index (κ3) is 3.35. The fourth-order valence-electron chi connectivity index (χ4n) is 2.57. The van der Waals surface area contributed by atoms with Crippen LogP contribution in [0.15, 0.2) is 30.7 Å². The van der Waals surface area contributed by atoms with E-state index in [0.717, 1.165) is 23.9 Å². The molecule has 1 fully saturated rings. The van der Waals surface area contributed by atoms with E-state index in [-0.39, 0.29) is 24.3 Å². The average Bonchev–Trinajstić information content (AvgIpc) is 3.26. The Morgan fingerprint density at radius 1 is 1.28 bits per heavy atom. The molecule has 1 saturated carbocycles. The number of anilines is 2. The topological polar surface area (TPSA) is 107 Å². The number of carbonyl (C=O) groups excluding carboxylic acids is 2. The van der Waals surface area contributed by atoms with Crippen molar-refractivity contribution in [3.8, 4) is 0 Å². The van der Waals surface area contributed by atoms with E-state index in [0.29, 0.717) is 11.5 Å². The number of aromatic nitrogens is 5. The summed E-state index contributed by atoms with van der Waals surface area (Å²) in [6.45, 7) is 0.00650. The van der Waals surface area contributed by atoms with Gasteiger partial charge in [-0.15, -0.1) is 5.10 Å². The Labute approximate surface area is 143 Å². The van der Waals surface area contributed by atoms with Gasteiger partial charge in [-0.05, 0) is 31.0 Å². The Morgan fingerprint density at radius 3 is 2.92 bits per heavy atom. The number of fused-ring (bicyclic) bond motifs is 1. The molecule has 2 heterocycles. The van der Waals surface area contributed by atoms with Crippen LogP contribution >= 0.6 is 0 Å². The van der Waals surface area contributed by atoms with Crippen LogP contribution < -0.4 is 10.6 Å². The summed E-state index contributed by atoms with van der Waals surface area (Å²) in [4.78, 5) is 28.1. The van der Waals surface area contributed by atoms with Gasteiger partial charge in [0.05, 0.1) is 23.6 Å². The van der Waals surface area contributed by atoms with E-state index in [1.165, 1.54) is 4.68 Å². The predicted molar refractivity (Wildman–Crippen MR) is 90.7 cm³/mol. The molecule has 25 heavy (non-hydrogen) atoms. The van der Waals surface area contributed by atoms with Crippen LogP contribution in [0.4, 0.5) is 11.5 Å². The Balaban J connectivity index is 1.37. The third-order valence-corrected chi connectivity index (χ3v) is 4.05. The first kappa shape index (κ1) is 15.3. The maximum atomic E-state index is 12.2. The highest BCUT2D eigenvalue weighted by Gasteiger charge is 2.30. The van der Waals surface area contributed by atoms with Crippen LogP contribution in [0.3, 0.4) is 0 Å². The number of aryl methyl sites for hydroxylation is 1. The van der Waals surface area contributed by atoms with Gasteiger partial charge in [0.1, 0.15) is 6.54 Å². The molecule has 4 rings (SSSR count). The summed E-state index contributed by atoms with van der Waals surface area (Å²) in [6, 6.07) is 5.54. The normalized spacial score (nSPS) is 13.8. The van der Waals surface area contributed by atoms with Gasteiger partial charge >= 0.3 is 0 Å². The van der Waals surface area contributed by atoms with E-state index in [9.17, 15) is 9.59 Å². The number of imidazole rings is 1. The van der Waals surface area contributed by atoms with Gasteiger partial charge in [0.15, 0.2) is 5.82 Å². The molecule has 0 unspecified atom stereocenters. The molecule has 0 radical (unpaired) electrons. The molecule has 0 spiro atoms. The molecule has 128 valence electrons. The highest BCUT2D eigenvalue weighted by Crippen LogP contribution is 2.29. The second-order valence-corrected chi connectivity index (χ2v) is 6.17. The number of hydrogen-bond donors (Lipinski definition) is 2. The number of amides is 2. The summed E-state index contributed by atoms with van der Waals surface area (Å²) in [5.74, 6) is 0.176. The first-order valence-corrected chi connectivity index (χ1v) is 8.00. The summed E-state index contributed by atoms with van der Waals surface area (Å²) in [6.07, 6.45) is 5.11. The molecule has 2 aromatic heterocycles. The number of nitrogens with zero attached hydrogens (tertiary/aromatic N) is 5. The quantitative estimate of drug-likeness (QED) is 0.725. The van der Waals surface area contributed by atoms with Crippen molar-refractivity contribution in [1.82, 2.24) is 24.5 Å². The zero-order valence-corrected chi connectivity index (χ0v) is 13.6. The zero-order valence-electron chi connectivity index (χ0n) is 13.6. The fraction of sp³-hybridized carbons (Fsp3) is 0.312. The molecule has 2 amide bonds. The van der Waals surface area contributed by atoms with Gasteiger partial charge in [0.25, 0.3) is 0 Å². The maximum Gasteiger partial charge on any atom is 0.246 e. The number of benzene rings is 1. The van der Waals surface area contributed by atoms with E-state index in [1.807, 2.05) is 29.8 Å². The van der Waals surface area contributed by atoms with Crippen LogP contribution in [-0.2, 0) is 23.2 Å². The smallest absolute Gasteiger partial charge is 0.246 e. The average molecular weight is 339 g/mol. The maximum absolute atomic E-state index is 12.2. The minimum atomic E-state index is -0.236. The molecular formula is C16H17N7O2. The minimum absolute atomic E-state index is 0.00650. The molecule has 9 nitrogen and oxygen atoms in total. The van der Waals surface area contributed by atoms with Crippen molar-refractivity contribution in [3.63, 3.8) is 0 Å². The fourth-order valence-corrected chi connectivity index (χ4v) is 2.57. The molecule has 0 saturated heterocycles. The predicted octanol–water partition coefficient (Wildman–Crippen LogP) is 1.15. The lowest BCUT2D eigenvalue weighted by Crippen LogP contribution is -2.19. The largest absolute Gasteiger partial charge is 0.334 e. The van der Waals surface area contributed by atoms with Crippen molar-refractivity contribution < 1.29 is 9.59 Å². The van der Waals surface area contributed by atoms with E-state index >= 15 is 0 Å². The Hall–Kier alpha value is -3.23. The highest BCUT2D eigenvalue weighted by atomic mass is 16.2. The van der Waals surface area contributed by atoms with Crippen LogP contribution in [0.5, 0.6) is 0 Å². The van der Waals surface area contributed by atoms with Crippen LogP contribution in [0.25, 0.3) is 11.0 Å². The molecule has 3 aromatic rings. The number of carbonyl (C=O) groups is 2. The monoisotopic (exact) mass is 339 g/mol. The van der Waals surface area contributed by atoms with Crippen molar-refractivity contribution in [3.05, 3.63) is 30.7 Å². The zero-order chi connectivity index (χ0) is 17.4. The molecule has 1 aliphatic carbocycles. The summed E-state index contributed by atoms with van der Waals surface area (Å²) in [5.41, 5.74) is 2.47. The van der Waals surface area contributed by atoms with Crippen molar-refractivity contribution in [1.29, 1.82) is 0 Å². The van der Waals surface area contributed by atoms with E-state index < -0.39 is 0 Å². The number of rotatable bonds is 5. The molecular weight excluding hydrogens is 322 g/mol. The Kier molecular flexibility index (Phi) is 3.68. The van der Waals surface area contributed by atoms with Crippen LogP contribution in [0.2, 0.25) is 0 Å². The first-order chi connectivity index (χ1) is 12.1. The van der Waals surface area contributed by atoms with Gasteiger partial charge in [-0.3, -0.25) is 9.59 Å². The van der Waals surface area contributed by atoms with Crippen LogP contribution in [0, 0.1) is 5.92 Å². The molecule has 0 aliphatic heterocycles. The van der Waals surface area contributed by atoms with Crippen LogP contribution in [-0.4, -0.2) is 36.4 Å². The van der Waals surface area contributed by atoms with Crippen molar-refractivity contribution in [2.24, 2.45) is 13.0 Å². The lowest BCUT2D eigenvalue weighted by molar-refractivity contribution is -0.117. The number of nitrogens with one attached hydrogen (secondary N) is 2. The van der Waals surface area contributed by atoms with Gasteiger partial charge in [0.2, 0.25) is 11.8 Å². The van der Waals surface area contributed by atoms with Gasteiger partial charge in [0, 0.05) is 18.7 Å². The summed E-state index contributed by atoms with van der Waals surface area (Å²) < 4.78 is 3.30. The summed E-state index contributed by atoms with van der Waals surface area (Å²) >= 11 is 0. The lowest BCUT2D eigenvalue weighted by atomic mass is 10.2. The Bertz CT molecular complexity index is 954. The van der Waals surface area contributed by atoms with E-state index in [1.54, 1.807) is 12.5 Å². The molecule has 1 aliphatic rings. The molecule has 0 bridgehead atoms. The van der Waals surface area contributed by atoms with Crippen molar-refractivity contribution in [2.45, 2.75) is 19.4 Å². The van der Waals surface area contributed by atoms with Gasteiger partial charge < -0.3 is 15.2 Å². The van der Waals surface area contributed by atoms with E-state index in [4.69, 9.17) is 0 Å². The lowest BCUT2D eigenvalue weighted by Gasteiger charge is -2.05.